The van der Waals surface area contributed by atoms with E-state index in [1.807, 2.05) is 46.2 Å². The highest BCUT2D eigenvalue weighted by molar-refractivity contribution is 6.32. The zero-order valence-corrected chi connectivity index (χ0v) is 16.4. The minimum atomic E-state index is -1.35. The Balaban J connectivity index is 1.54. The lowest BCUT2D eigenvalue weighted by Crippen LogP contribution is -2.60. The van der Waals surface area contributed by atoms with Crippen LogP contribution in [0.5, 0.6) is 0 Å². The Morgan fingerprint density at radius 1 is 0.667 bits per heavy atom. The Hall–Kier alpha value is -3.31. The van der Waals surface area contributed by atoms with Gasteiger partial charge in [-0.05, 0) is 17.7 Å². The molecule has 1 heterocycles. The van der Waals surface area contributed by atoms with Crippen molar-refractivity contribution in [3.63, 3.8) is 0 Å². The summed E-state index contributed by atoms with van der Waals surface area (Å²) in [7, 11) is 0. The number of benzene rings is 3. The van der Waals surface area contributed by atoms with E-state index in [0.717, 1.165) is 0 Å². The summed E-state index contributed by atoms with van der Waals surface area (Å²) in [5.41, 5.74) is 0.839. The second kappa shape index (κ2) is 7.18. The molecule has 1 fully saturated rings. The van der Waals surface area contributed by atoms with Gasteiger partial charge in [-0.1, -0.05) is 66.7 Å². The van der Waals surface area contributed by atoms with Crippen LogP contribution in [0.1, 0.15) is 26.3 Å². The second-order valence-electron chi connectivity index (χ2n) is 7.71. The van der Waals surface area contributed by atoms with Gasteiger partial charge in [0, 0.05) is 37.3 Å². The number of fused-ring (bicyclic) bond motifs is 1. The third-order valence-electron chi connectivity index (χ3n) is 6.21. The Morgan fingerprint density at radius 2 is 1.20 bits per heavy atom. The van der Waals surface area contributed by atoms with E-state index >= 15 is 0 Å². The molecule has 4 nitrogen and oxygen atoms in total. The van der Waals surface area contributed by atoms with Crippen molar-refractivity contribution in [1.82, 2.24) is 4.90 Å². The Bertz CT molecular complexity index is 1090. The molecule has 0 amide bonds. The van der Waals surface area contributed by atoms with E-state index in [4.69, 9.17) is 0 Å². The molecule has 0 bridgehead atoms. The van der Waals surface area contributed by atoms with Crippen LogP contribution < -0.4 is 4.90 Å². The average molecular weight is 400 g/mol. The molecule has 1 saturated heterocycles. The van der Waals surface area contributed by atoms with E-state index in [-0.39, 0.29) is 17.4 Å². The first-order chi connectivity index (χ1) is 14.6. The average Bonchev–Trinajstić information content (AvgIpc) is 3.03. The van der Waals surface area contributed by atoms with Gasteiger partial charge in [0.05, 0.1) is 5.69 Å². The molecular weight excluding hydrogens is 379 g/mol. The third-order valence-corrected chi connectivity index (χ3v) is 6.21. The fourth-order valence-electron chi connectivity index (χ4n) is 4.77. The molecule has 0 aromatic heterocycles. The lowest BCUT2D eigenvalue weighted by molar-refractivity contribution is 0.0461. The summed E-state index contributed by atoms with van der Waals surface area (Å²) in [6.45, 7) is 2.03. The predicted molar refractivity (Wildman–Crippen MR) is 113 cm³/mol. The number of rotatable bonds is 3. The highest BCUT2D eigenvalue weighted by Gasteiger charge is 2.58. The summed E-state index contributed by atoms with van der Waals surface area (Å²) in [5, 5.41) is 0. The molecule has 2 aliphatic rings. The van der Waals surface area contributed by atoms with E-state index in [0.29, 0.717) is 48.6 Å². The zero-order chi connectivity index (χ0) is 20.7. The topological polar surface area (TPSA) is 40.6 Å². The molecule has 0 spiro atoms. The summed E-state index contributed by atoms with van der Waals surface area (Å²) >= 11 is 0. The molecule has 5 heteroatoms. The van der Waals surface area contributed by atoms with E-state index in [1.54, 1.807) is 36.4 Å². The first-order valence-electron chi connectivity index (χ1n) is 10.1. The maximum Gasteiger partial charge on any atom is 0.196 e. The van der Waals surface area contributed by atoms with Gasteiger partial charge in [0.25, 0.3) is 0 Å². The Morgan fingerprint density at radius 3 is 1.80 bits per heavy atom. The van der Waals surface area contributed by atoms with Crippen molar-refractivity contribution in [2.24, 2.45) is 0 Å². The van der Waals surface area contributed by atoms with Gasteiger partial charge in [-0.15, -0.1) is 0 Å². The number of carbonyl (C=O) groups excluding carboxylic acids is 2. The summed E-state index contributed by atoms with van der Waals surface area (Å²) in [4.78, 5) is 31.3. The molecule has 30 heavy (non-hydrogen) atoms. The number of hydrogen-bond donors (Lipinski definition) is 0. The molecule has 0 N–H and O–H groups in total. The van der Waals surface area contributed by atoms with Gasteiger partial charge in [-0.2, -0.15) is 0 Å². The van der Waals surface area contributed by atoms with Gasteiger partial charge in [-0.3, -0.25) is 14.5 Å². The van der Waals surface area contributed by atoms with Crippen molar-refractivity contribution in [2.45, 2.75) is 5.54 Å². The summed E-state index contributed by atoms with van der Waals surface area (Å²) in [6.07, 6.45) is 0. The SMILES string of the molecule is O=C1c2ccccc2C(=O)C1(c1ccccc1)N1CCN(c2ccccc2F)CC1. The number of halogens is 1. The van der Waals surface area contributed by atoms with Gasteiger partial charge < -0.3 is 4.90 Å². The lowest BCUT2D eigenvalue weighted by atomic mass is 9.82. The molecule has 1 aliphatic heterocycles. The van der Waals surface area contributed by atoms with Gasteiger partial charge in [0.15, 0.2) is 17.1 Å². The lowest BCUT2D eigenvalue weighted by Gasteiger charge is -2.44. The highest BCUT2D eigenvalue weighted by Crippen LogP contribution is 2.43. The quantitative estimate of drug-likeness (QED) is 0.625. The number of para-hydroxylation sites is 1. The van der Waals surface area contributed by atoms with E-state index in [2.05, 4.69) is 0 Å². The first kappa shape index (κ1) is 18.7. The fraction of sp³-hybridized carbons (Fsp3) is 0.200. The molecule has 3 aromatic rings. The van der Waals surface area contributed by atoms with E-state index in [9.17, 15) is 14.0 Å². The summed E-state index contributed by atoms with van der Waals surface area (Å²) < 4.78 is 14.3. The van der Waals surface area contributed by atoms with Gasteiger partial charge in [0.2, 0.25) is 0 Å². The van der Waals surface area contributed by atoms with Gasteiger partial charge in [-0.25, -0.2) is 4.39 Å². The fourth-order valence-corrected chi connectivity index (χ4v) is 4.77. The molecule has 150 valence electrons. The van der Waals surface area contributed by atoms with Crippen LogP contribution in [0.3, 0.4) is 0 Å². The predicted octanol–water partition coefficient (Wildman–Crippen LogP) is 3.92. The highest BCUT2D eigenvalue weighted by atomic mass is 19.1. The smallest absolute Gasteiger partial charge is 0.196 e. The first-order valence-corrected chi connectivity index (χ1v) is 10.1. The van der Waals surface area contributed by atoms with Gasteiger partial charge >= 0.3 is 0 Å². The molecule has 1 aliphatic carbocycles. The minimum absolute atomic E-state index is 0.173. The van der Waals surface area contributed by atoms with Crippen molar-refractivity contribution < 1.29 is 14.0 Å². The minimum Gasteiger partial charge on any atom is -0.367 e. The molecule has 5 rings (SSSR count). The van der Waals surface area contributed by atoms with Crippen LogP contribution in [0.15, 0.2) is 78.9 Å². The number of piperazine rings is 1. The number of ketones is 2. The van der Waals surface area contributed by atoms with Crippen molar-refractivity contribution in [3.8, 4) is 0 Å². The Kier molecular flexibility index (Phi) is 4.48. The van der Waals surface area contributed by atoms with Crippen LogP contribution in [-0.4, -0.2) is 42.6 Å². The summed E-state index contributed by atoms with van der Waals surface area (Å²) in [5.74, 6) is -0.605. The number of nitrogens with zero attached hydrogens (tertiary/aromatic N) is 2. The van der Waals surface area contributed by atoms with Crippen LogP contribution in [0.2, 0.25) is 0 Å². The largest absolute Gasteiger partial charge is 0.367 e. The number of carbonyl (C=O) groups is 2. The molecule has 0 atom stereocenters. The van der Waals surface area contributed by atoms with Crippen LogP contribution in [0, 0.1) is 5.82 Å². The standard InChI is InChI=1S/C25H21FN2O2/c26-21-12-6-7-13-22(21)27-14-16-28(17-15-27)25(18-8-2-1-3-9-18)23(29)19-10-4-5-11-20(19)24(25)30/h1-13H,14-17H2. The number of anilines is 1. The van der Waals surface area contributed by atoms with E-state index < -0.39 is 5.54 Å². The maximum absolute atomic E-state index is 14.3. The molecule has 0 radical (unpaired) electrons. The molecule has 0 saturated carbocycles. The summed E-state index contributed by atoms with van der Waals surface area (Å²) in [6, 6.07) is 23.1. The zero-order valence-electron chi connectivity index (χ0n) is 16.4. The van der Waals surface area contributed by atoms with Crippen LogP contribution in [0.25, 0.3) is 0 Å². The molecule has 3 aromatic carbocycles. The molecule has 0 unspecified atom stereocenters. The monoisotopic (exact) mass is 400 g/mol. The van der Waals surface area contributed by atoms with Crippen molar-refractivity contribution in [3.05, 3.63) is 101 Å². The normalized spacial score (nSPS) is 18.5. The second-order valence-corrected chi connectivity index (χ2v) is 7.71. The Labute approximate surface area is 174 Å². The third kappa shape index (κ3) is 2.62. The molecular formula is C25H21FN2O2. The number of hydrogen-bond acceptors (Lipinski definition) is 4. The van der Waals surface area contributed by atoms with E-state index in [1.165, 1.54) is 6.07 Å². The van der Waals surface area contributed by atoms with Gasteiger partial charge in [0.1, 0.15) is 5.82 Å². The maximum atomic E-state index is 14.3. The van der Waals surface area contributed by atoms with Crippen molar-refractivity contribution in [2.75, 3.05) is 31.1 Å². The van der Waals surface area contributed by atoms with Crippen LogP contribution in [-0.2, 0) is 5.54 Å². The van der Waals surface area contributed by atoms with Crippen molar-refractivity contribution in [1.29, 1.82) is 0 Å². The van der Waals surface area contributed by atoms with Crippen molar-refractivity contribution >= 4 is 17.3 Å². The van der Waals surface area contributed by atoms with Crippen LogP contribution in [0.4, 0.5) is 10.1 Å². The van der Waals surface area contributed by atoms with Crippen LogP contribution >= 0.6 is 0 Å². The number of Topliss-reactive ketones (excluding diaryl/α,β-unsaturated/α-hetero) is 2.